The average molecular weight is 292 g/mol. The number of anilines is 1. The van der Waals surface area contributed by atoms with Crippen molar-refractivity contribution >= 4 is 16.6 Å². The third-order valence-corrected chi connectivity index (χ3v) is 4.21. The number of hydrogen-bond donors (Lipinski definition) is 0. The highest BCUT2D eigenvalue weighted by molar-refractivity contribution is 5.94. The van der Waals surface area contributed by atoms with E-state index in [9.17, 15) is 0 Å². The lowest BCUT2D eigenvalue weighted by Crippen LogP contribution is -2.18. The van der Waals surface area contributed by atoms with Gasteiger partial charge in [0.2, 0.25) is 0 Å². The summed E-state index contributed by atoms with van der Waals surface area (Å²) in [5, 5.41) is 1.26. The van der Waals surface area contributed by atoms with Gasteiger partial charge in [-0.05, 0) is 25.0 Å². The van der Waals surface area contributed by atoms with Crippen LogP contribution in [0.4, 0.5) is 5.69 Å². The van der Waals surface area contributed by atoms with E-state index in [2.05, 4.69) is 59.5 Å². The van der Waals surface area contributed by atoms with Gasteiger partial charge in [-0.3, -0.25) is 0 Å². The van der Waals surface area contributed by atoms with Crippen molar-refractivity contribution in [2.75, 3.05) is 18.0 Å². The third-order valence-electron chi connectivity index (χ3n) is 4.21. The van der Waals surface area contributed by atoms with Crippen LogP contribution in [0.25, 0.3) is 22.2 Å². The maximum Gasteiger partial charge on any atom is 0.0730 e. The van der Waals surface area contributed by atoms with E-state index < -0.39 is 0 Å². The van der Waals surface area contributed by atoms with Gasteiger partial charge < -0.3 is 10.4 Å². The molecular weight excluding hydrogens is 272 g/mol. The Balaban J connectivity index is 0.00000144. The molecule has 0 radical (unpaired) electrons. The summed E-state index contributed by atoms with van der Waals surface area (Å²) >= 11 is 0. The van der Waals surface area contributed by atoms with Crippen LogP contribution in [-0.2, 0) is 0 Å². The van der Waals surface area contributed by atoms with Crippen molar-refractivity contribution in [2.24, 2.45) is 0 Å². The summed E-state index contributed by atoms with van der Waals surface area (Å²) in [5.41, 5.74) is 4.66. The molecule has 0 atom stereocenters. The number of pyridine rings is 1. The summed E-state index contributed by atoms with van der Waals surface area (Å²) < 4.78 is 0. The molecule has 2 heterocycles. The van der Waals surface area contributed by atoms with Crippen molar-refractivity contribution in [3.05, 3.63) is 60.7 Å². The predicted molar refractivity (Wildman–Crippen MR) is 92.2 cm³/mol. The molecule has 22 heavy (non-hydrogen) atoms. The van der Waals surface area contributed by atoms with Gasteiger partial charge in [-0.15, -0.1) is 0 Å². The number of aromatic nitrogens is 1. The van der Waals surface area contributed by atoms with E-state index in [0.29, 0.717) is 0 Å². The first kappa shape index (κ1) is 14.5. The molecule has 2 N–H and O–H groups in total. The van der Waals surface area contributed by atoms with Crippen LogP contribution in [0.5, 0.6) is 0 Å². The fourth-order valence-electron chi connectivity index (χ4n) is 3.13. The van der Waals surface area contributed by atoms with Crippen LogP contribution >= 0.6 is 0 Å². The van der Waals surface area contributed by atoms with Gasteiger partial charge >= 0.3 is 0 Å². The van der Waals surface area contributed by atoms with Crippen molar-refractivity contribution in [1.29, 1.82) is 0 Å². The number of para-hydroxylation sites is 1. The lowest BCUT2D eigenvalue weighted by Gasteiger charge is -2.20. The molecule has 2 aromatic carbocycles. The molecule has 3 heteroatoms. The van der Waals surface area contributed by atoms with E-state index in [4.69, 9.17) is 4.98 Å². The standard InChI is InChI=1S/C19H18N2.H2O/c1-2-8-15(9-3-1)18-14-19(21-12-6-7-13-21)16-10-4-5-11-17(16)20-18;/h1-5,8-11,14H,6-7,12-13H2;1H2. The first-order valence-electron chi connectivity index (χ1n) is 7.62. The lowest BCUT2D eigenvalue weighted by atomic mass is 10.1. The largest absolute Gasteiger partial charge is 0.412 e. The van der Waals surface area contributed by atoms with E-state index in [0.717, 1.165) is 24.3 Å². The van der Waals surface area contributed by atoms with Crippen molar-refractivity contribution in [2.45, 2.75) is 12.8 Å². The smallest absolute Gasteiger partial charge is 0.0730 e. The summed E-state index contributed by atoms with van der Waals surface area (Å²) in [6, 6.07) is 21.2. The van der Waals surface area contributed by atoms with E-state index in [-0.39, 0.29) is 5.48 Å². The Kier molecular flexibility index (Phi) is 4.07. The molecule has 112 valence electrons. The lowest BCUT2D eigenvalue weighted by molar-refractivity contribution is 0.824. The van der Waals surface area contributed by atoms with Gasteiger partial charge in [0.1, 0.15) is 0 Å². The molecule has 0 saturated carbocycles. The maximum absolute atomic E-state index is 4.85. The Bertz CT molecular complexity index is 765. The van der Waals surface area contributed by atoms with Gasteiger partial charge in [-0.25, -0.2) is 4.98 Å². The van der Waals surface area contributed by atoms with Gasteiger partial charge in [0.25, 0.3) is 0 Å². The molecule has 0 spiro atoms. The normalized spacial score (nSPS) is 14.1. The molecule has 0 amide bonds. The molecule has 3 nitrogen and oxygen atoms in total. The topological polar surface area (TPSA) is 47.6 Å². The summed E-state index contributed by atoms with van der Waals surface area (Å²) in [7, 11) is 0. The van der Waals surface area contributed by atoms with Crippen molar-refractivity contribution in [3.63, 3.8) is 0 Å². The van der Waals surface area contributed by atoms with E-state index >= 15 is 0 Å². The first-order chi connectivity index (χ1) is 10.4. The maximum atomic E-state index is 4.85. The zero-order chi connectivity index (χ0) is 14.1. The average Bonchev–Trinajstić information content (AvgIpc) is 3.09. The second-order valence-corrected chi connectivity index (χ2v) is 5.60. The minimum absolute atomic E-state index is 0. The molecule has 1 fully saturated rings. The van der Waals surface area contributed by atoms with Crippen LogP contribution in [0.15, 0.2) is 60.7 Å². The summed E-state index contributed by atoms with van der Waals surface area (Å²) in [6.07, 6.45) is 2.58. The Hall–Kier alpha value is -2.39. The quantitative estimate of drug-likeness (QED) is 0.723. The molecule has 1 aromatic heterocycles. The highest BCUT2D eigenvalue weighted by atomic mass is 16.0. The van der Waals surface area contributed by atoms with Crippen molar-refractivity contribution < 1.29 is 5.48 Å². The van der Waals surface area contributed by atoms with Crippen LogP contribution < -0.4 is 4.90 Å². The minimum Gasteiger partial charge on any atom is -0.412 e. The fourth-order valence-corrected chi connectivity index (χ4v) is 3.13. The molecular formula is C19H20N2O. The minimum atomic E-state index is 0. The number of rotatable bonds is 2. The molecule has 0 unspecified atom stereocenters. The van der Waals surface area contributed by atoms with Crippen LogP contribution in [0, 0.1) is 0 Å². The Labute approximate surface area is 130 Å². The first-order valence-corrected chi connectivity index (χ1v) is 7.62. The van der Waals surface area contributed by atoms with Gasteiger partial charge in [-0.2, -0.15) is 0 Å². The van der Waals surface area contributed by atoms with Crippen LogP contribution in [0.3, 0.4) is 0 Å². The Morgan fingerprint density at radius 3 is 2.27 bits per heavy atom. The molecule has 0 bridgehead atoms. The van der Waals surface area contributed by atoms with Gasteiger partial charge in [0.15, 0.2) is 0 Å². The molecule has 1 aliphatic heterocycles. The van der Waals surface area contributed by atoms with Gasteiger partial charge in [0, 0.05) is 29.7 Å². The second kappa shape index (κ2) is 6.16. The zero-order valence-electron chi connectivity index (χ0n) is 12.5. The summed E-state index contributed by atoms with van der Waals surface area (Å²) in [4.78, 5) is 7.35. The Morgan fingerprint density at radius 1 is 0.818 bits per heavy atom. The summed E-state index contributed by atoms with van der Waals surface area (Å²) in [6.45, 7) is 2.31. The highest BCUT2D eigenvalue weighted by Gasteiger charge is 2.16. The Morgan fingerprint density at radius 2 is 1.50 bits per heavy atom. The SMILES string of the molecule is O.c1ccc(-c2cc(N3CCCC3)c3ccccc3n2)cc1. The molecule has 3 aromatic rings. The van der Waals surface area contributed by atoms with E-state index in [1.807, 2.05) is 6.07 Å². The summed E-state index contributed by atoms with van der Waals surface area (Å²) in [5.74, 6) is 0. The molecule has 1 aliphatic rings. The van der Waals surface area contributed by atoms with Crippen molar-refractivity contribution in [1.82, 2.24) is 4.98 Å². The second-order valence-electron chi connectivity index (χ2n) is 5.60. The number of hydrogen-bond acceptors (Lipinski definition) is 2. The monoisotopic (exact) mass is 292 g/mol. The van der Waals surface area contributed by atoms with Crippen LogP contribution in [0.2, 0.25) is 0 Å². The van der Waals surface area contributed by atoms with Gasteiger partial charge in [-0.1, -0.05) is 48.5 Å². The van der Waals surface area contributed by atoms with Gasteiger partial charge in [0.05, 0.1) is 11.2 Å². The zero-order valence-corrected chi connectivity index (χ0v) is 12.5. The van der Waals surface area contributed by atoms with E-state index in [1.54, 1.807) is 0 Å². The third kappa shape index (κ3) is 2.55. The van der Waals surface area contributed by atoms with Crippen molar-refractivity contribution in [3.8, 4) is 11.3 Å². The number of benzene rings is 2. The molecule has 4 rings (SSSR count). The van der Waals surface area contributed by atoms with E-state index in [1.165, 1.54) is 29.5 Å². The predicted octanol–water partition coefficient (Wildman–Crippen LogP) is 3.68. The fraction of sp³-hybridized carbons (Fsp3) is 0.211. The molecule has 1 saturated heterocycles. The van der Waals surface area contributed by atoms with Crippen LogP contribution in [0.1, 0.15) is 12.8 Å². The van der Waals surface area contributed by atoms with Crippen LogP contribution in [-0.4, -0.2) is 23.5 Å². The number of nitrogens with zero attached hydrogens (tertiary/aromatic N) is 2. The highest BCUT2D eigenvalue weighted by Crippen LogP contribution is 2.32. The molecule has 0 aliphatic carbocycles. The number of fused-ring (bicyclic) bond motifs is 1.